The maximum absolute atomic E-state index is 13.1. The SMILES string of the molecule is COCCOc1ccc(CNC(=O)c2cc(-c3ccco3)nc3c2cnn3C(C)C)cn1. The number of nitrogens with one attached hydrogen (secondary N) is 1. The molecule has 0 aliphatic rings. The Kier molecular flexibility index (Phi) is 6.46. The number of carbonyl (C=O) groups is 1. The van der Waals surface area contributed by atoms with Gasteiger partial charge in [-0.25, -0.2) is 14.6 Å². The average molecular weight is 435 g/mol. The minimum atomic E-state index is -0.228. The zero-order chi connectivity index (χ0) is 22.5. The minimum Gasteiger partial charge on any atom is -0.475 e. The van der Waals surface area contributed by atoms with Crippen molar-refractivity contribution in [3.63, 3.8) is 0 Å². The van der Waals surface area contributed by atoms with Gasteiger partial charge < -0.3 is 19.2 Å². The topological polar surface area (TPSA) is 104 Å². The van der Waals surface area contributed by atoms with Crippen LogP contribution in [-0.4, -0.2) is 46.0 Å². The maximum atomic E-state index is 13.1. The highest BCUT2D eigenvalue weighted by atomic mass is 16.5. The van der Waals surface area contributed by atoms with Crippen molar-refractivity contribution in [3.8, 4) is 17.3 Å². The minimum absolute atomic E-state index is 0.0958. The fraction of sp³-hybridized carbons (Fsp3) is 0.304. The number of hydrogen-bond acceptors (Lipinski definition) is 7. The van der Waals surface area contributed by atoms with Gasteiger partial charge in [0.2, 0.25) is 5.88 Å². The largest absolute Gasteiger partial charge is 0.475 e. The van der Waals surface area contributed by atoms with E-state index >= 15 is 0 Å². The van der Waals surface area contributed by atoms with E-state index in [2.05, 4.69) is 15.4 Å². The Morgan fingerprint density at radius 2 is 2.09 bits per heavy atom. The van der Waals surface area contributed by atoms with Gasteiger partial charge in [-0.2, -0.15) is 5.10 Å². The van der Waals surface area contributed by atoms with Crippen molar-refractivity contribution in [1.82, 2.24) is 25.1 Å². The van der Waals surface area contributed by atoms with E-state index in [1.165, 1.54) is 0 Å². The molecular formula is C23H25N5O4. The van der Waals surface area contributed by atoms with Crippen LogP contribution < -0.4 is 10.1 Å². The molecule has 32 heavy (non-hydrogen) atoms. The zero-order valence-electron chi connectivity index (χ0n) is 18.2. The van der Waals surface area contributed by atoms with Gasteiger partial charge in [-0.05, 0) is 37.6 Å². The van der Waals surface area contributed by atoms with Gasteiger partial charge in [0.25, 0.3) is 5.91 Å². The van der Waals surface area contributed by atoms with Gasteiger partial charge in [-0.15, -0.1) is 0 Å². The lowest BCUT2D eigenvalue weighted by Gasteiger charge is -2.10. The highest BCUT2D eigenvalue weighted by Gasteiger charge is 2.19. The van der Waals surface area contributed by atoms with Crippen molar-refractivity contribution in [2.45, 2.75) is 26.4 Å². The average Bonchev–Trinajstić information content (AvgIpc) is 3.48. The molecule has 4 aromatic heterocycles. The standard InChI is InChI=1S/C23H25N5O4/c1-15(2)28-22-18(14-26-28)17(11-19(27-22)20-5-4-8-31-20)23(29)25-13-16-6-7-21(24-12-16)32-10-9-30-3/h4-8,11-12,14-15H,9-10,13H2,1-3H3,(H,25,29). The Morgan fingerprint density at radius 3 is 2.78 bits per heavy atom. The van der Waals surface area contributed by atoms with Gasteiger partial charge in [-0.3, -0.25) is 4.79 Å². The summed E-state index contributed by atoms with van der Waals surface area (Å²) in [7, 11) is 1.62. The third-order valence-corrected chi connectivity index (χ3v) is 4.86. The molecule has 4 rings (SSSR count). The van der Waals surface area contributed by atoms with E-state index < -0.39 is 0 Å². The number of ether oxygens (including phenoxy) is 2. The monoisotopic (exact) mass is 435 g/mol. The van der Waals surface area contributed by atoms with Crippen LogP contribution in [0.1, 0.15) is 35.8 Å². The summed E-state index contributed by atoms with van der Waals surface area (Å²) in [4.78, 5) is 22.1. The molecule has 0 aliphatic heterocycles. The molecule has 0 unspecified atom stereocenters. The van der Waals surface area contributed by atoms with Gasteiger partial charge in [-0.1, -0.05) is 6.07 Å². The van der Waals surface area contributed by atoms with E-state index in [0.29, 0.717) is 53.7 Å². The summed E-state index contributed by atoms with van der Waals surface area (Å²) in [5.74, 6) is 0.872. The molecule has 0 atom stereocenters. The van der Waals surface area contributed by atoms with Gasteiger partial charge in [0, 0.05) is 32.0 Å². The molecule has 0 fully saturated rings. The summed E-state index contributed by atoms with van der Waals surface area (Å²) in [5, 5.41) is 8.07. The Labute approximate surface area is 185 Å². The summed E-state index contributed by atoms with van der Waals surface area (Å²) >= 11 is 0. The van der Waals surface area contributed by atoms with Crippen LogP contribution in [0.25, 0.3) is 22.5 Å². The third-order valence-electron chi connectivity index (χ3n) is 4.86. The van der Waals surface area contributed by atoms with Crippen molar-refractivity contribution in [2.75, 3.05) is 20.3 Å². The summed E-state index contributed by atoms with van der Waals surface area (Å²) in [6, 6.07) is 9.06. The molecule has 0 aromatic carbocycles. The molecule has 0 spiro atoms. The first-order chi connectivity index (χ1) is 15.6. The number of pyridine rings is 2. The smallest absolute Gasteiger partial charge is 0.252 e. The first kappa shape index (κ1) is 21.5. The van der Waals surface area contributed by atoms with Crippen LogP contribution in [0.5, 0.6) is 5.88 Å². The number of nitrogens with zero attached hydrogens (tertiary/aromatic N) is 4. The lowest BCUT2D eigenvalue weighted by molar-refractivity contribution is 0.0952. The van der Waals surface area contributed by atoms with Crippen LogP contribution in [0.2, 0.25) is 0 Å². The second-order valence-corrected chi connectivity index (χ2v) is 7.48. The number of amides is 1. The Morgan fingerprint density at radius 1 is 1.22 bits per heavy atom. The molecule has 1 N–H and O–H groups in total. The van der Waals surface area contributed by atoms with E-state index in [0.717, 1.165) is 5.56 Å². The normalized spacial score (nSPS) is 11.2. The van der Waals surface area contributed by atoms with Gasteiger partial charge >= 0.3 is 0 Å². The third kappa shape index (κ3) is 4.62. The lowest BCUT2D eigenvalue weighted by Crippen LogP contribution is -2.23. The zero-order valence-corrected chi connectivity index (χ0v) is 18.2. The van der Waals surface area contributed by atoms with E-state index in [4.69, 9.17) is 18.9 Å². The number of hydrogen-bond donors (Lipinski definition) is 1. The second-order valence-electron chi connectivity index (χ2n) is 7.48. The van der Waals surface area contributed by atoms with Crippen LogP contribution in [0, 0.1) is 0 Å². The molecule has 0 bridgehead atoms. The first-order valence-electron chi connectivity index (χ1n) is 10.3. The molecule has 4 aromatic rings. The lowest BCUT2D eigenvalue weighted by atomic mass is 10.1. The summed E-state index contributed by atoms with van der Waals surface area (Å²) in [5.41, 5.74) is 2.56. The second kappa shape index (κ2) is 9.61. The van der Waals surface area contributed by atoms with E-state index in [1.807, 2.05) is 26.0 Å². The Balaban J connectivity index is 1.55. The van der Waals surface area contributed by atoms with Crippen molar-refractivity contribution in [2.24, 2.45) is 0 Å². The van der Waals surface area contributed by atoms with Gasteiger partial charge in [0.05, 0.1) is 30.0 Å². The maximum Gasteiger partial charge on any atom is 0.252 e. The number of rotatable bonds is 9. The predicted molar refractivity (Wildman–Crippen MR) is 118 cm³/mol. The number of methoxy groups -OCH3 is 1. The molecule has 0 aliphatic carbocycles. The van der Waals surface area contributed by atoms with Gasteiger partial charge in [0.1, 0.15) is 12.3 Å². The van der Waals surface area contributed by atoms with Crippen LogP contribution in [0.15, 0.2) is 53.4 Å². The number of aromatic nitrogens is 4. The van der Waals surface area contributed by atoms with E-state index in [9.17, 15) is 4.79 Å². The molecule has 0 radical (unpaired) electrons. The summed E-state index contributed by atoms with van der Waals surface area (Å²) < 4.78 is 17.7. The molecule has 166 valence electrons. The highest BCUT2D eigenvalue weighted by Crippen LogP contribution is 2.26. The van der Waals surface area contributed by atoms with Crippen molar-refractivity contribution < 1.29 is 18.7 Å². The summed E-state index contributed by atoms with van der Waals surface area (Å²) in [6.07, 6.45) is 4.93. The number of carbonyl (C=O) groups excluding carboxylic acids is 1. The van der Waals surface area contributed by atoms with Crippen LogP contribution in [-0.2, 0) is 11.3 Å². The van der Waals surface area contributed by atoms with Crippen molar-refractivity contribution in [1.29, 1.82) is 0 Å². The summed E-state index contributed by atoms with van der Waals surface area (Å²) in [6.45, 7) is 5.28. The number of furan rings is 1. The molecule has 4 heterocycles. The predicted octanol–water partition coefficient (Wildman–Crippen LogP) is 3.62. The van der Waals surface area contributed by atoms with E-state index in [-0.39, 0.29) is 11.9 Å². The fourth-order valence-electron chi connectivity index (χ4n) is 3.24. The van der Waals surface area contributed by atoms with Crippen molar-refractivity contribution in [3.05, 3.63) is 60.1 Å². The Bertz CT molecular complexity index is 1180. The highest BCUT2D eigenvalue weighted by molar-refractivity contribution is 6.06. The molecule has 0 saturated carbocycles. The van der Waals surface area contributed by atoms with E-state index in [1.54, 1.807) is 48.6 Å². The molecule has 0 saturated heterocycles. The molecular weight excluding hydrogens is 410 g/mol. The van der Waals surface area contributed by atoms with Crippen LogP contribution in [0.3, 0.4) is 0 Å². The van der Waals surface area contributed by atoms with Crippen LogP contribution >= 0.6 is 0 Å². The molecule has 9 nitrogen and oxygen atoms in total. The fourth-order valence-corrected chi connectivity index (χ4v) is 3.24. The van der Waals surface area contributed by atoms with Crippen molar-refractivity contribution >= 4 is 16.9 Å². The number of fused-ring (bicyclic) bond motifs is 1. The first-order valence-corrected chi connectivity index (χ1v) is 10.3. The molecule has 1 amide bonds. The van der Waals surface area contributed by atoms with Gasteiger partial charge in [0.15, 0.2) is 11.4 Å². The Hall–Kier alpha value is -3.72. The molecule has 9 heteroatoms. The quantitative estimate of drug-likeness (QED) is 0.400. The van der Waals surface area contributed by atoms with Crippen LogP contribution in [0.4, 0.5) is 0 Å².